The van der Waals surface area contributed by atoms with E-state index in [1.807, 2.05) is 13.0 Å². The predicted molar refractivity (Wildman–Crippen MR) is 51.1 cm³/mol. The van der Waals surface area contributed by atoms with E-state index in [9.17, 15) is 0 Å². The van der Waals surface area contributed by atoms with Gasteiger partial charge < -0.3 is 5.73 Å². The summed E-state index contributed by atoms with van der Waals surface area (Å²) in [5, 5.41) is 0. The SMILES string of the molecule is C=C/C(N)=C\C(=C/C)CCC. The lowest BCUT2D eigenvalue weighted by Crippen LogP contribution is -1.92. The van der Waals surface area contributed by atoms with Gasteiger partial charge in [0.15, 0.2) is 0 Å². The van der Waals surface area contributed by atoms with Gasteiger partial charge in [0.2, 0.25) is 0 Å². The minimum Gasteiger partial charge on any atom is -0.399 e. The Morgan fingerprint density at radius 3 is 2.55 bits per heavy atom. The summed E-state index contributed by atoms with van der Waals surface area (Å²) >= 11 is 0. The van der Waals surface area contributed by atoms with Gasteiger partial charge in [0.05, 0.1) is 0 Å². The Balaban J connectivity index is 4.18. The van der Waals surface area contributed by atoms with Gasteiger partial charge in [-0.05, 0) is 25.5 Å². The van der Waals surface area contributed by atoms with Crippen LogP contribution in [0.4, 0.5) is 0 Å². The first-order valence-corrected chi connectivity index (χ1v) is 3.99. The fourth-order valence-electron chi connectivity index (χ4n) is 0.862. The standard InChI is InChI=1S/C10H17N/c1-4-7-9(5-2)8-10(11)6-3/h5-6,8H,3-4,7,11H2,1-2H3/b9-5-,10-8+. The van der Waals surface area contributed by atoms with Gasteiger partial charge >= 0.3 is 0 Å². The van der Waals surface area contributed by atoms with E-state index in [0.717, 1.165) is 18.5 Å². The molecule has 62 valence electrons. The number of hydrogen-bond acceptors (Lipinski definition) is 1. The second kappa shape index (κ2) is 5.78. The van der Waals surface area contributed by atoms with Crippen molar-refractivity contribution in [3.8, 4) is 0 Å². The summed E-state index contributed by atoms with van der Waals surface area (Å²) in [7, 11) is 0. The normalized spacial score (nSPS) is 13.3. The second-order valence-electron chi connectivity index (χ2n) is 2.46. The zero-order valence-corrected chi connectivity index (χ0v) is 7.43. The summed E-state index contributed by atoms with van der Waals surface area (Å²) in [6.07, 6.45) is 7.96. The molecular formula is C10H17N. The first kappa shape index (κ1) is 10.0. The van der Waals surface area contributed by atoms with E-state index in [2.05, 4.69) is 19.6 Å². The van der Waals surface area contributed by atoms with Crippen molar-refractivity contribution >= 4 is 0 Å². The minimum atomic E-state index is 0.742. The molecule has 2 N–H and O–H groups in total. The molecule has 0 unspecified atom stereocenters. The third-order valence-corrected chi connectivity index (χ3v) is 1.50. The molecule has 0 radical (unpaired) electrons. The highest BCUT2D eigenvalue weighted by Crippen LogP contribution is 2.07. The monoisotopic (exact) mass is 151 g/mol. The summed E-state index contributed by atoms with van der Waals surface area (Å²) in [5.74, 6) is 0. The van der Waals surface area contributed by atoms with Crippen molar-refractivity contribution in [2.75, 3.05) is 0 Å². The maximum atomic E-state index is 5.58. The number of hydrogen-bond donors (Lipinski definition) is 1. The summed E-state index contributed by atoms with van der Waals surface area (Å²) < 4.78 is 0. The van der Waals surface area contributed by atoms with Crippen molar-refractivity contribution in [3.63, 3.8) is 0 Å². The van der Waals surface area contributed by atoms with Gasteiger partial charge in [0.25, 0.3) is 0 Å². The van der Waals surface area contributed by atoms with Gasteiger partial charge in [0.1, 0.15) is 0 Å². The number of rotatable bonds is 4. The Morgan fingerprint density at radius 2 is 2.18 bits per heavy atom. The van der Waals surface area contributed by atoms with Gasteiger partial charge in [-0.3, -0.25) is 0 Å². The first-order chi connectivity index (χ1) is 5.24. The highest BCUT2D eigenvalue weighted by atomic mass is 14.5. The molecule has 0 bridgehead atoms. The van der Waals surface area contributed by atoms with E-state index in [1.165, 1.54) is 5.57 Å². The summed E-state index contributed by atoms with van der Waals surface area (Å²) in [4.78, 5) is 0. The fourth-order valence-corrected chi connectivity index (χ4v) is 0.862. The Morgan fingerprint density at radius 1 is 1.55 bits per heavy atom. The average molecular weight is 151 g/mol. The van der Waals surface area contributed by atoms with Crippen LogP contribution in [0.5, 0.6) is 0 Å². The summed E-state index contributed by atoms with van der Waals surface area (Å²) in [6.45, 7) is 7.77. The van der Waals surface area contributed by atoms with Crippen molar-refractivity contribution in [2.45, 2.75) is 26.7 Å². The van der Waals surface area contributed by atoms with E-state index >= 15 is 0 Å². The van der Waals surface area contributed by atoms with E-state index < -0.39 is 0 Å². The highest BCUT2D eigenvalue weighted by molar-refractivity contribution is 5.26. The summed E-state index contributed by atoms with van der Waals surface area (Å²) in [6, 6.07) is 0. The number of allylic oxidation sites excluding steroid dienone is 4. The van der Waals surface area contributed by atoms with Crippen molar-refractivity contribution < 1.29 is 0 Å². The van der Waals surface area contributed by atoms with Crippen LogP contribution in [0.1, 0.15) is 26.7 Å². The van der Waals surface area contributed by atoms with Crippen LogP contribution in [0.3, 0.4) is 0 Å². The Kier molecular flexibility index (Phi) is 5.26. The average Bonchev–Trinajstić information content (AvgIpc) is 2.03. The van der Waals surface area contributed by atoms with Gasteiger partial charge in [-0.25, -0.2) is 0 Å². The molecule has 0 saturated carbocycles. The largest absolute Gasteiger partial charge is 0.399 e. The molecule has 0 aromatic heterocycles. The molecular weight excluding hydrogens is 134 g/mol. The van der Waals surface area contributed by atoms with Crippen molar-refractivity contribution in [1.82, 2.24) is 0 Å². The number of nitrogens with two attached hydrogens (primary N) is 1. The second-order valence-corrected chi connectivity index (χ2v) is 2.46. The molecule has 0 spiro atoms. The minimum absolute atomic E-state index is 0.742. The Labute approximate surface area is 69.3 Å². The lowest BCUT2D eigenvalue weighted by atomic mass is 10.1. The predicted octanol–water partition coefficient (Wildman–Crippen LogP) is 2.76. The van der Waals surface area contributed by atoms with Crippen molar-refractivity contribution in [2.24, 2.45) is 5.73 Å². The molecule has 11 heavy (non-hydrogen) atoms. The van der Waals surface area contributed by atoms with Crippen LogP contribution >= 0.6 is 0 Å². The van der Waals surface area contributed by atoms with Crippen LogP contribution in [-0.4, -0.2) is 0 Å². The Hall–Kier alpha value is -0.980. The maximum absolute atomic E-state index is 5.58. The lowest BCUT2D eigenvalue weighted by Gasteiger charge is -1.98. The zero-order valence-electron chi connectivity index (χ0n) is 7.43. The molecule has 0 aliphatic carbocycles. The quantitative estimate of drug-likeness (QED) is 0.614. The fraction of sp³-hybridized carbons (Fsp3) is 0.400. The lowest BCUT2D eigenvalue weighted by molar-refractivity contribution is 0.922. The van der Waals surface area contributed by atoms with E-state index in [-0.39, 0.29) is 0 Å². The molecule has 0 amide bonds. The molecule has 0 aliphatic rings. The van der Waals surface area contributed by atoms with E-state index in [4.69, 9.17) is 5.73 Å². The molecule has 1 nitrogen and oxygen atoms in total. The molecule has 0 atom stereocenters. The first-order valence-electron chi connectivity index (χ1n) is 3.99. The smallest absolute Gasteiger partial charge is 0.0310 e. The highest BCUT2D eigenvalue weighted by Gasteiger charge is 1.89. The zero-order chi connectivity index (χ0) is 8.69. The molecule has 0 aromatic rings. The van der Waals surface area contributed by atoms with Gasteiger partial charge in [-0.15, -0.1) is 0 Å². The van der Waals surface area contributed by atoms with Crippen LogP contribution in [-0.2, 0) is 0 Å². The van der Waals surface area contributed by atoms with Crippen LogP contribution < -0.4 is 5.73 Å². The molecule has 0 fully saturated rings. The third kappa shape index (κ3) is 4.43. The van der Waals surface area contributed by atoms with Gasteiger partial charge in [0, 0.05) is 5.70 Å². The molecule has 0 saturated heterocycles. The summed E-state index contributed by atoms with van der Waals surface area (Å²) in [5.41, 5.74) is 7.61. The van der Waals surface area contributed by atoms with Crippen LogP contribution in [0.2, 0.25) is 0 Å². The van der Waals surface area contributed by atoms with Crippen LogP contribution in [0.15, 0.2) is 36.1 Å². The third-order valence-electron chi connectivity index (χ3n) is 1.50. The Bertz CT molecular complexity index is 175. The topological polar surface area (TPSA) is 26.0 Å². The van der Waals surface area contributed by atoms with Crippen molar-refractivity contribution in [1.29, 1.82) is 0 Å². The van der Waals surface area contributed by atoms with Crippen LogP contribution in [0, 0.1) is 0 Å². The van der Waals surface area contributed by atoms with Crippen molar-refractivity contribution in [3.05, 3.63) is 36.1 Å². The van der Waals surface area contributed by atoms with Crippen LogP contribution in [0.25, 0.3) is 0 Å². The molecule has 1 heteroatoms. The van der Waals surface area contributed by atoms with Gasteiger partial charge in [-0.2, -0.15) is 0 Å². The van der Waals surface area contributed by atoms with Gasteiger partial charge in [-0.1, -0.05) is 31.6 Å². The van der Waals surface area contributed by atoms with E-state index in [0.29, 0.717) is 0 Å². The molecule has 0 aliphatic heterocycles. The molecule has 0 aromatic carbocycles. The maximum Gasteiger partial charge on any atom is 0.0310 e. The van der Waals surface area contributed by atoms with E-state index in [1.54, 1.807) is 6.08 Å². The molecule has 0 rings (SSSR count). The molecule has 0 heterocycles.